The molecule has 1 aliphatic heterocycles. The Morgan fingerprint density at radius 3 is 1.86 bits per heavy atom. The Balaban J connectivity index is 1.79. The smallest absolute Gasteiger partial charge is 0.410 e. The summed E-state index contributed by atoms with van der Waals surface area (Å²) in [6.45, 7) is 4.16. The van der Waals surface area contributed by atoms with Gasteiger partial charge in [0.15, 0.2) is 5.78 Å². The van der Waals surface area contributed by atoms with Crippen molar-refractivity contribution in [1.82, 2.24) is 4.90 Å². The average molecular weight is 551 g/mol. The molecule has 0 aliphatic carbocycles. The quantitative estimate of drug-likeness (QED) is 0.175. The van der Waals surface area contributed by atoms with Crippen LogP contribution in [0.15, 0.2) is 104 Å². The van der Waals surface area contributed by atoms with Crippen LogP contribution in [0.4, 0.5) is 4.79 Å². The van der Waals surface area contributed by atoms with E-state index in [0.29, 0.717) is 13.0 Å². The predicted molar refractivity (Wildman–Crippen MR) is 146 cm³/mol. The normalized spacial score (nSPS) is 17.7. The number of ether oxygens (including phenoxy) is 1. The summed E-state index contributed by atoms with van der Waals surface area (Å²) >= 11 is 5.09. The zero-order valence-electron chi connectivity index (χ0n) is 19.4. The van der Waals surface area contributed by atoms with Crippen molar-refractivity contribution in [3.63, 3.8) is 0 Å². The molecule has 180 valence electrons. The first-order chi connectivity index (χ1) is 17.1. The fourth-order valence-electron chi connectivity index (χ4n) is 4.66. The molecule has 1 heterocycles. The van der Waals surface area contributed by atoms with Gasteiger partial charge < -0.3 is 4.74 Å². The molecule has 4 rings (SSSR count). The van der Waals surface area contributed by atoms with E-state index in [-0.39, 0.29) is 23.0 Å². The number of ketones is 1. The monoisotopic (exact) mass is 549 g/mol. The molecule has 3 aromatic carbocycles. The van der Waals surface area contributed by atoms with E-state index in [1.165, 1.54) is 6.08 Å². The molecule has 6 heteroatoms. The molecule has 0 aromatic heterocycles. The number of likely N-dealkylation sites (tertiary alicyclic amines) is 1. The van der Waals surface area contributed by atoms with Crippen molar-refractivity contribution in [2.24, 2.45) is 0 Å². The van der Waals surface area contributed by atoms with Gasteiger partial charge in [-0.15, -0.1) is 11.8 Å². The maximum atomic E-state index is 12.8. The molecular formula is C29H28BrNO3S. The number of Topliss-reactive ketones (excluding diaryl/α,β-unsaturated/α-hetero) is 1. The van der Waals surface area contributed by atoms with Gasteiger partial charge in [-0.3, -0.25) is 9.69 Å². The molecule has 3 aromatic rings. The van der Waals surface area contributed by atoms with E-state index < -0.39 is 16.9 Å². The molecule has 35 heavy (non-hydrogen) atoms. The number of nitrogens with zero attached hydrogens (tertiary/aromatic N) is 1. The van der Waals surface area contributed by atoms with E-state index >= 15 is 0 Å². The van der Waals surface area contributed by atoms with E-state index in [1.54, 1.807) is 16.7 Å². The van der Waals surface area contributed by atoms with Crippen LogP contribution in [0.2, 0.25) is 0 Å². The largest absolute Gasteiger partial charge is 0.445 e. The lowest BCUT2D eigenvalue weighted by molar-refractivity contribution is -0.120. The molecule has 0 radical (unpaired) electrons. The van der Waals surface area contributed by atoms with Crippen LogP contribution in [0.3, 0.4) is 0 Å². The molecule has 1 fully saturated rings. The van der Waals surface area contributed by atoms with Gasteiger partial charge in [-0.05, 0) is 23.1 Å². The van der Waals surface area contributed by atoms with Gasteiger partial charge in [-0.2, -0.15) is 0 Å². The molecule has 0 unspecified atom stereocenters. The standard InChI is InChI=1S/C29H28BrNO3S/c1-2-18-34-28(33)31-21-25(19-26(31)27(32)20-30)35-29(22-12-6-3-7-13-22,23-14-8-4-9-15-23)24-16-10-5-11-17-24/h2-17,25-26H,1,18-21H2/t25-,26-/m0/s1. The van der Waals surface area contributed by atoms with Crippen molar-refractivity contribution in [3.05, 3.63) is 120 Å². The summed E-state index contributed by atoms with van der Waals surface area (Å²) in [5.74, 6) is -0.0200. The Morgan fingerprint density at radius 1 is 0.943 bits per heavy atom. The van der Waals surface area contributed by atoms with Crippen molar-refractivity contribution in [2.75, 3.05) is 18.5 Å². The fourth-order valence-corrected chi connectivity index (χ4v) is 6.87. The molecule has 4 nitrogen and oxygen atoms in total. The van der Waals surface area contributed by atoms with Gasteiger partial charge in [0.05, 0.1) is 16.1 Å². The van der Waals surface area contributed by atoms with Gasteiger partial charge >= 0.3 is 6.09 Å². The molecule has 1 amide bonds. The van der Waals surface area contributed by atoms with Crippen LogP contribution in [0.25, 0.3) is 0 Å². The molecule has 1 aliphatic rings. The highest BCUT2D eigenvalue weighted by atomic mass is 79.9. The van der Waals surface area contributed by atoms with Crippen LogP contribution >= 0.6 is 27.7 Å². The summed E-state index contributed by atoms with van der Waals surface area (Å²) in [5, 5.41) is 0.210. The second-order valence-corrected chi connectivity index (χ2v) is 10.5. The van der Waals surface area contributed by atoms with Crippen LogP contribution in [0.1, 0.15) is 23.1 Å². The lowest BCUT2D eigenvalue weighted by atomic mass is 9.84. The summed E-state index contributed by atoms with van der Waals surface area (Å²) in [5.41, 5.74) is 3.45. The Hall–Kier alpha value is -2.83. The third kappa shape index (κ3) is 5.39. The second-order valence-electron chi connectivity index (χ2n) is 8.39. The van der Waals surface area contributed by atoms with Crippen molar-refractivity contribution in [2.45, 2.75) is 22.5 Å². The molecule has 0 N–H and O–H groups in total. The number of rotatable bonds is 9. The van der Waals surface area contributed by atoms with Crippen molar-refractivity contribution in [3.8, 4) is 0 Å². The highest BCUT2D eigenvalue weighted by Gasteiger charge is 2.46. The minimum Gasteiger partial charge on any atom is -0.445 e. The Labute approximate surface area is 219 Å². The molecule has 0 bridgehead atoms. The highest BCUT2D eigenvalue weighted by Crippen LogP contribution is 2.52. The number of carbonyl (C=O) groups excluding carboxylic acids is 2. The van der Waals surface area contributed by atoms with E-state index in [2.05, 4.69) is 95.3 Å². The van der Waals surface area contributed by atoms with E-state index in [4.69, 9.17) is 4.74 Å². The molecule has 1 saturated heterocycles. The van der Waals surface area contributed by atoms with Crippen LogP contribution in [-0.2, 0) is 14.3 Å². The summed E-state index contributed by atoms with van der Waals surface area (Å²) in [6.07, 6.45) is 1.62. The highest BCUT2D eigenvalue weighted by molar-refractivity contribution is 9.09. The zero-order chi connectivity index (χ0) is 24.7. The number of halogens is 1. The fraction of sp³-hybridized carbons (Fsp3) is 0.241. The first kappa shape index (κ1) is 25.3. The molecular weight excluding hydrogens is 522 g/mol. The van der Waals surface area contributed by atoms with Gasteiger partial charge in [0, 0.05) is 11.8 Å². The lowest BCUT2D eigenvalue weighted by Crippen LogP contribution is -2.41. The number of hydrogen-bond acceptors (Lipinski definition) is 4. The molecule has 0 spiro atoms. The Morgan fingerprint density at radius 2 is 1.43 bits per heavy atom. The van der Waals surface area contributed by atoms with Crippen molar-refractivity contribution < 1.29 is 14.3 Å². The van der Waals surface area contributed by atoms with Crippen LogP contribution < -0.4 is 0 Å². The SMILES string of the molecule is C=CCOC(=O)N1C[C@@H](SC(c2ccccc2)(c2ccccc2)c2ccccc2)C[C@H]1C(=O)CBr. The summed E-state index contributed by atoms with van der Waals surface area (Å²) in [4.78, 5) is 27.2. The Kier molecular flexibility index (Phi) is 8.47. The first-order valence-electron chi connectivity index (χ1n) is 11.6. The van der Waals surface area contributed by atoms with Crippen LogP contribution in [0, 0.1) is 0 Å². The van der Waals surface area contributed by atoms with Gasteiger partial charge in [0.2, 0.25) is 0 Å². The number of hydrogen-bond donors (Lipinski definition) is 0. The van der Waals surface area contributed by atoms with Crippen molar-refractivity contribution >= 4 is 39.6 Å². The summed E-state index contributed by atoms with van der Waals surface area (Å²) < 4.78 is 4.81. The zero-order valence-corrected chi connectivity index (χ0v) is 21.8. The van der Waals surface area contributed by atoms with E-state index in [1.807, 2.05) is 18.2 Å². The maximum Gasteiger partial charge on any atom is 0.410 e. The van der Waals surface area contributed by atoms with E-state index in [0.717, 1.165) is 16.7 Å². The van der Waals surface area contributed by atoms with Gasteiger partial charge in [-0.25, -0.2) is 4.79 Å². The predicted octanol–water partition coefficient (Wildman–Crippen LogP) is 6.44. The third-order valence-electron chi connectivity index (χ3n) is 6.21. The van der Waals surface area contributed by atoms with Crippen molar-refractivity contribution in [1.29, 1.82) is 0 Å². The van der Waals surface area contributed by atoms with Gasteiger partial charge in [-0.1, -0.05) is 120 Å². The average Bonchev–Trinajstić information content (AvgIpc) is 3.35. The number of amides is 1. The Bertz CT molecular complexity index is 1040. The number of benzene rings is 3. The third-order valence-corrected chi connectivity index (χ3v) is 8.50. The van der Waals surface area contributed by atoms with Gasteiger partial charge in [0.25, 0.3) is 0 Å². The molecule has 0 saturated carbocycles. The number of alkyl halides is 1. The lowest BCUT2D eigenvalue weighted by Gasteiger charge is -2.37. The van der Waals surface area contributed by atoms with E-state index in [9.17, 15) is 9.59 Å². The number of carbonyl (C=O) groups is 2. The van der Waals surface area contributed by atoms with Gasteiger partial charge in [0.1, 0.15) is 6.61 Å². The van der Waals surface area contributed by atoms with Crippen LogP contribution in [-0.4, -0.2) is 46.5 Å². The summed E-state index contributed by atoms with van der Waals surface area (Å²) in [7, 11) is 0. The summed E-state index contributed by atoms with van der Waals surface area (Å²) in [6, 6.07) is 30.8. The first-order valence-corrected chi connectivity index (χ1v) is 13.6. The minimum absolute atomic E-state index is 0.0138. The topological polar surface area (TPSA) is 46.6 Å². The second kappa shape index (κ2) is 11.7. The maximum absolute atomic E-state index is 12.8. The molecule has 2 atom stereocenters. The number of thioether (sulfide) groups is 1. The minimum atomic E-state index is -0.524. The van der Waals surface area contributed by atoms with Crippen LogP contribution in [0.5, 0.6) is 0 Å².